The third kappa shape index (κ3) is 4.73. The second kappa shape index (κ2) is 7.34. The van der Waals surface area contributed by atoms with Crippen molar-refractivity contribution in [1.82, 2.24) is 9.80 Å². The largest absolute Gasteiger partial charge is 0.444 e. The molecule has 1 unspecified atom stereocenters. The molecule has 5 nitrogen and oxygen atoms in total. The van der Waals surface area contributed by atoms with Gasteiger partial charge in [-0.3, -0.25) is 4.90 Å². The van der Waals surface area contributed by atoms with Crippen LogP contribution in [0.25, 0.3) is 0 Å². The number of amides is 1. The topological polar surface area (TPSA) is 42.0 Å². The molecule has 0 bridgehead atoms. The lowest BCUT2D eigenvalue weighted by Gasteiger charge is -2.31. The van der Waals surface area contributed by atoms with Gasteiger partial charge in [-0.15, -0.1) is 0 Å². The summed E-state index contributed by atoms with van der Waals surface area (Å²) in [5.41, 5.74) is 0.809. The van der Waals surface area contributed by atoms with Crippen molar-refractivity contribution in [3.05, 3.63) is 35.9 Å². The summed E-state index contributed by atoms with van der Waals surface area (Å²) in [7, 11) is 0. The van der Waals surface area contributed by atoms with E-state index in [0.717, 1.165) is 26.1 Å². The van der Waals surface area contributed by atoms with Crippen LogP contribution in [-0.2, 0) is 16.0 Å². The highest BCUT2D eigenvalue weighted by Gasteiger charge is 2.43. The summed E-state index contributed by atoms with van der Waals surface area (Å²) >= 11 is 0. The van der Waals surface area contributed by atoms with Crippen LogP contribution in [0.4, 0.5) is 4.79 Å². The molecule has 1 aromatic rings. The Balaban J connectivity index is 1.72. The summed E-state index contributed by atoms with van der Waals surface area (Å²) in [5.74, 6) is 0. The highest BCUT2D eigenvalue weighted by atomic mass is 16.6. The molecule has 2 aliphatic rings. The quantitative estimate of drug-likeness (QED) is 0.824. The van der Waals surface area contributed by atoms with Crippen LogP contribution in [-0.4, -0.2) is 59.4 Å². The number of hydrogen-bond donors (Lipinski definition) is 0. The van der Waals surface area contributed by atoms with E-state index in [4.69, 9.17) is 9.47 Å². The Labute approximate surface area is 150 Å². The van der Waals surface area contributed by atoms with Crippen LogP contribution in [0.15, 0.2) is 30.3 Å². The lowest BCUT2D eigenvalue weighted by Crippen LogP contribution is -2.47. The molecule has 0 aromatic heterocycles. The molecule has 25 heavy (non-hydrogen) atoms. The second-order valence-electron chi connectivity index (χ2n) is 8.18. The van der Waals surface area contributed by atoms with Gasteiger partial charge in [0.1, 0.15) is 5.60 Å². The number of rotatable bonds is 2. The predicted molar refractivity (Wildman–Crippen MR) is 97.4 cm³/mol. The molecule has 1 aromatic carbocycles. The van der Waals surface area contributed by atoms with Crippen molar-refractivity contribution >= 4 is 6.09 Å². The number of carbonyl (C=O) groups excluding carboxylic acids is 1. The lowest BCUT2D eigenvalue weighted by atomic mass is 10.1. The minimum Gasteiger partial charge on any atom is -0.444 e. The fourth-order valence-electron chi connectivity index (χ4n) is 3.72. The smallest absolute Gasteiger partial charge is 0.410 e. The molecule has 138 valence electrons. The maximum atomic E-state index is 12.7. The fraction of sp³-hybridized carbons (Fsp3) is 0.650. The standard InChI is InChI=1S/C20H30N2O3/c1-15-12-17-18(24-15)14-21(13-16-8-6-5-7-9-16)10-11-22(17)19(23)25-20(2,3)4/h5-9,15,17-18H,10-14H2,1-4H3/t15?,17-,18-/m1/s1. The molecular weight excluding hydrogens is 316 g/mol. The molecule has 2 fully saturated rings. The first-order valence-corrected chi connectivity index (χ1v) is 9.23. The van der Waals surface area contributed by atoms with Gasteiger partial charge in [0.05, 0.1) is 18.2 Å². The first-order chi connectivity index (χ1) is 11.8. The van der Waals surface area contributed by atoms with Gasteiger partial charge in [-0.05, 0) is 39.7 Å². The van der Waals surface area contributed by atoms with Gasteiger partial charge in [0.25, 0.3) is 0 Å². The summed E-state index contributed by atoms with van der Waals surface area (Å²) in [6, 6.07) is 10.6. The SMILES string of the molecule is CC1C[C@@H]2[C@@H](CN(Cc3ccccc3)CCN2C(=O)OC(C)(C)C)O1. The monoisotopic (exact) mass is 346 g/mol. The number of benzene rings is 1. The molecule has 1 amide bonds. The molecule has 3 atom stereocenters. The zero-order chi connectivity index (χ0) is 18.0. The van der Waals surface area contributed by atoms with Crippen molar-refractivity contribution in [3.8, 4) is 0 Å². The van der Waals surface area contributed by atoms with Crippen molar-refractivity contribution in [1.29, 1.82) is 0 Å². The minimum absolute atomic E-state index is 0.0498. The van der Waals surface area contributed by atoms with Crippen LogP contribution in [0.1, 0.15) is 39.7 Å². The van der Waals surface area contributed by atoms with Crippen molar-refractivity contribution in [2.24, 2.45) is 0 Å². The van der Waals surface area contributed by atoms with E-state index >= 15 is 0 Å². The number of hydrogen-bond acceptors (Lipinski definition) is 4. The molecule has 0 radical (unpaired) electrons. The van der Waals surface area contributed by atoms with E-state index in [0.29, 0.717) is 6.54 Å². The van der Waals surface area contributed by atoms with Crippen LogP contribution in [0.2, 0.25) is 0 Å². The maximum Gasteiger partial charge on any atom is 0.410 e. The third-order valence-corrected chi connectivity index (χ3v) is 4.78. The average molecular weight is 346 g/mol. The van der Waals surface area contributed by atoms with Gasteiger partial charge in [-0.25, -0.2) is 4.79 Å². The summed E-state index contributed by atoms with van der Waals surface area (Å²) in [4.78, 5) is 17.0. The maximum absolute atomic E-state index is 12.7. The summed E-state index contributed by atoms with van der Waals surface area (Å²) in [5, 5.41) is 0. The number of nitrogens with zero attached hydrogens (tertiary/aromatic N) is 2. The van der Waals surface area contributed by atoms with E-state index in [1.807, 2.05) is 31.7 Å². The number of ether oxygens (including phenoxy) is 2. The molecule has 5 heteroatoms. The van der Waals surface area contributed by atoms with Crippen molar-refractivity contribution < 1.29 is 14.3 Å². The molecule has 3 rings (SSSR count). The highest BCUT2D eigenvalue weighted by Crippen LogP contribution is 2.29. The normalized spacial score (nSPS) is 27.7. The van der Waals surface area contributed by atoms with Crippen LogP contribution in [0.3, 0.4) is 0 Å². The number of fused-ring (bicyclic) bond motifs is 1. The third-order valence-electron chi connectivity index (χ3n) is 4.78. The van der Waals surface area contributed by atoms with Crippen LogP contribution < -0.4 is 0 Å². The first-order valence-electron chi connectivity index (χ1n) is 9.23. The molecule has 2 heterocycles. The van der Waals surface area contributed by atoms with E-state index in [2.05, 4.69) is 36.1 Å². The van der Waals surface area contributed by atoms with Gasteiger partial charge in [-0.1, -0.05) is 30.3 Å². The van der Waals surface area contributed by atoms with Crippen LogP contribution in [0, 0.1) is 0 Å². The van der Waals surface area contributed by atoms with E-state index < -0.39 is 5.60 Å². The minimum atomic E-state index is -0.478. The Bertz CT molecular complexity index is 584. The van der Waals surface area contributed by atoms with E-state index in [-0.39, 0.29) is 24.3 Å². The van der Waals surface area contributed by atoms with Gasteiger partial charge in [-0.2, -0.15) is 0 Å². The highest BCUT2D eigenvalue weighted by molar-refractivity contribution is 5.68. The Morgan fingerprint density at radius 1 is 1.24 bits per heavy atom. The zero-order valence-corrected chi connectivity index (χ0v) is 15.8. The van der Waals surface area contributed by atoms with Gasteiger partial charge >= 0.3 is 6.09 Å². The molecule has 0 aliphatic carbocycles. The fourth-order valence-corrected chi connectivity index (χ4v) is 3.72. The molecule has 2 aliphatic heterocycles. The Morgan fingerprint density at radius 3 is 2.64 bits per heavy atom. The Morgan fingerprint density at radius 2 is 1.96 bits per heavy atom. The predicted octanol–water partition coefficient (Wildman–Crippen LogP) is 3.29. The summed E-state index contributed by atoms with van der Waals surface area (Å²) in [6.07, 6.45) is 0.885. The lowest BCUT2D eigenvalue weighted by molar-refractivity contribution is 0.00194. The molecule has 0 saturated carbocycles. The van der Waals surface area contributed by atoms with E-state index in [1.165, 1.54) is 5.56 Å². The van der Waals surface area contributed by atoms with Crippen LogP contribution >= 0.6 is 0 Å². The second-order valence-corrected chi connectivity index (χ2v) is 8.18. The summed E-state index contributed by atoms with van der Waals surface area (Å²) in [6.45, 7) is 11.1. The number of carbonyl (C=O) groups is 1. The van der Waals surface area contributed by atoms with Crippen molar-refractivity contribution in [2.45, 2.75) is 64.5 Å². The summed E-state index contributed by atoms with van der Waals surface area (Å²) < 4.78 is 11.8. The zero-order valence-electron chi connectivity index (χ0n) is 15.8. The average Bonchev–Trinajstić information content (AvgIpc) is 2.78. The molecule has 2 saturated heterocycles. The van der Waals surface area contributed by atoms with E-state index in [1.54, 1.807) is 0 Å². The first kappa shape index (κ1) is 18.2. The molecule has 0 spiro atoms. The van der Waals surface area contributed by atoms with Crippen molar-refractivity contribution in [2.75, 3.05) is 19.6 Å². The van der Waals surface area contributed by atoms with Gasteiger partial charge in [0, 0.05) is 26.2 Å². The van der Waals surface area contributed by atoms with Gasteiger partial charge in [0.15, 0.2) is 0 Å². The van der Waals surface area contributed by atoms with Crippen LogP contribution in [0.5, 0.6) is 0 Å². The van der Waals surface area contributed by atoms with Gasteiger partial charge in [0.2, 0.25) is 0 Å². The molecular formula is C20H30N2O3. The van der Waals surface area contributed by atoms with E-state index in [9.17, 15) is 4.79 Å². The molecule has 0 N–H and O–H groups in total. The Kier molecular flexibility index (Phi) is 5.35. The Hall–Kier alpha value is -1.59. The van der Waals surface area contributed by atoms with Gasteiger partial charge < -0.3 is 14.4 Å². The van der Waals surface area contributed by atoms with Crippen molar-refractivity contribution in [3.63, 3.8) is 0 Å².